The quantitative estimate of drug-likeness (QED) is 0.283. The van der Waals surface area contributed by atoms with Crippen LogP contribution in [0.2, 0.25) is 19.6 Å². The molecule has 16 heavy (non-hydrogen) atoms. The Morgan fingerprint density at radius 3 is 1.62 bits per heavy atom. The molecular weight excluding hydrogens is 236 g/mol. The molecule has 0 heterocycles. The molecule has 1 nitrogen and oxygen atoms in total. The molecular formula is C13H29ClOSi. The fraction of sp³-hybridized carbons (Fsp3) is 1.00. The van der Waals surface area contributed by atoms with E-state index >= 15 is 0 Å². The number of hydrogen-bond donors (Lipinski definition) is 0. The van der Waals surface area contributed by atoms with Crippen LogP contribution in [0.25, 0.3) is 0 Å². The molecule has 0 atom stereocenters. The Morgan fingerprint density at radius 2 is 1.19 bits per heavy atom. The zero-order valence-electron chi connectivity index (χ0n) is 11.4. The molecule has 0 aromatic heterocycles. The van der Waals surface area contributed by atoms with E-state index in [9.17, 15) is 0 Å². The van der Waals surface area contributed by atoms with Gasteiger partial charge in [0.2, 0.25) is 0 Å². The van der Waals surface area contributed by atoms with E-state index in [4.69, 9.17) is 16.0 Å². The SMILES string of the molecule is C[Si](C)(C)OCCCCCCCCCCCl. The zero-order valence-corrected chi connectivity index (χ0v) is 13.1. The first-order valence-electron chi connectivity index (χ1n) is 6.76. The van der Waals surface area contributed by atoms with Crippen LogP contribution in [0.5, 0.6) is 0 Å². The largest absolute Gasteiger partial charge is 0.418 e. The lowest BCUT2D eigenvalue weighted by Gasteiger charge is -2.16. The molecule has 0 radical (unpaired) electrons. The predicted octanol–water partition coefficient (Wildman–Crippen LogP) is 5.20. The first-order chi connectivity index (χ1) is 7.56. The van der Waals surface area contributed by atoms with Gasteiger partial charge in [-0.2, -0.15) is 0 Å². The zero-order chi connectivity index (χ0) is 12.3. The van der Waals surface area contributed by atoms with Crippen LogP contribution in [0.4, 0.5) is 0 Å². The minimum Gasteiger partial charge on any atom is -0.418 e. The Bertz CT molecular complexity index is 145. The van der Waals surface area contributed by atoms with Crippen LogP contribution in [0, 0.1) is 0 Å². The van der Waals surface area contributed by atoms with E-state index in [2.05, 4.69) is 19.6 Å². The van der Waals surface area contributed by atoms with Crippen LogP contribution >= 0.6 is 11.6 Å². The van der Waals surface area contributed by atoms with Gasteiger partial charge in [0, 0.05) is 12.5 Å². The molecule has 0 unspecified atom stereocenters. The highest BCUT2D eigenvalue weighted by atomic mass is 35.5. The van der Waals surface area contributed by atoms with Crippen molar-refractivity contribution in [2.24, 2.45) is 0 Å². The Balaban J connectivity index is 2.99. The lowest BCUT2D eigenvalue weighted by molar-refractivity contribution is 0.298. The summed E-state index contributed by atoms with van der Waals surface area (Å²) in [6.45, 7) is 7.74. The second-order valence-corrected chi connectivity index (χ2v) is 10.4. The van der Waals surface area contributed by atoms with Crippen molar-refractivity contribution >= 4 is 19.9 Å². The summed E-state index contributed by atoms with van der Waals surface area (Å²) in [5, 5.41) is 0. The van der Waals surface area contributed by atoms with Crippen molar-refractivity contribution in [2.45, 2.75) is 71.0 Å². The monoisotopic (exact) mass is 264 g/mol. The standard InChI is InChI=1S/C13H29ClOSi/c1-16(2,3)15-13-11-9-7-5-4-6-8-10-12-14/h4-13H2,1-3H3. The third-order valence-electron chi connectivity index (χ3n) is 2.56. The molecule has 3 heteroatoms. The molecule has 0 spiro atoms. The first-order valence-corrected chi connectivity index (χ1v) is 10.7. The molecule has 0 amide bonds. The topological polar surface area (TPSA) is 9.23 Å². The van der Waals surface area contributed by atoms with E-state index in [-0.39, 0.29) is 0 Å². The van der Waals surface area contributed by atoms with Gasteiger partial charge in [-0.1, -0.05) is 38.5 Å². The summed E-state index contributed by atoms with van der Waals surface area (Å²) < 4.78 is 5.81. The number of hydrogen-bond acceptors (Lipinski definition) is 1. The maximum absolute atomic E-state index is 5.81. The number of unbranched alkanes of at least 4 members (excludes halogenated alkanes) is 7. The number of halogens is 1. The summed E-state index contributed by atoms with van der Waals surface area (Å²) in [5.74, 6) is 0.827. The number of rotatable bonds is 11. The van der Waals surface area contributed by atoms with E-state index in [0.717, 1.165) is 12.5 Å². The second-order valence-electron chi connectivity index (χ2n) is 5.48. The molecule has 0 aromatic carbocycles. The smallest absolute Gasteiger partial charge is 0.183 e. The van der Waals surface area contributed by atoms with E-state index < -0.39 is 8.32 Å². The maximum Gasteiger partial charge on any atom is 0.183 e. The lowest BCUT2D eigenvalue weighted by atomic mass is 10.1. The van der Waals surface area contributed by atoms with Gasteiger partial charge >= 0.3 is 0 Å². The van der Waals surface area contributed by atoms with E-state index in [1.165, 1.54) is 51.4 Å². The number of alkyl halides is 1. The van der Waals surface area contributed by atoms with Gasteiger partial charge in [0.15, 0.2) is 8.32 Å². The van der Waals surface area contributed by atoms with Crippen LogP contribution in [-0.2, 0) is 4.43 Å². The van der Waals surface area contributed by atoms with Crippen molar-refractivity contribution in [1.82, 2.24) is 0 Å². The molecule has 98 valence electrons. The molecule has 0 fully saturated rings. The highest BCUT2D eigenvalue weighted by molar-refractivity contribution is 6.69. The fourth-order valence-electron chi connectivity index (χ4n) is 1.64. The fourth-order valence-corrected chi connectivity index (χ4v) is 2.58. The van der Waals surface area contributed by atoms with Gasteiger partial charge < -0.3 is 4.43 Å². The molecule has 0 N–H and O–H groups in total. The van der Waals surface area contributed by atoms with Crippen molar-refractivity contribution < 1.29 is 4.43 Å². The van der Waals surface area contributed by atoms with Crippen LogP contribution in [0.15, 0.2) is 0 Å². The van der Waals surface area contributed by atoms with Gasteiger partial charge in [-0.15, -0.1) is 11.6 Å². The van der Waals surface area contributed by atoms with Crippen molar-refractivity contribution in [3.63, 3.8) is 0 Å². The summed E-state index contributed by atoms with van der Waals surface area (Å²) in [5.41, 5.74) is 0. The normalized spacial score (nSPS) is 12.0. The molecule has 0 aromatic rings. The third kappa shape index (κ3) is 14.5. The summed E-state index contributed by atoms with van der Waals surface area (Å²) >= 11 is 5.62. The molecule has 0 saturated heterocycles. The first kappa shape index (κ1) is 16.5. The van der Waals surface area contributed by atoms with Crippen LogP contribution in [-0.4, -0.2) is 20.8 Å². The van der Waals surface area contributed by atoms with Crippen molar-refractivity contribution in [3.8, 4) is 0 Å². The molecule has 0 rings (SSSR count). The molecule has 0 bridgehead atoms. The van der Waals surface area contributed by atoms with Crippen molar-refractivity contribution in [3.05, 3.63) is 0 Å². The third-order valence-corrected chi connectivity index (χ3v) is 3.90. The average Bonchev–Trinajstić information content (AvgIpc) is 2.19. The second kappa shape index (κ2) is 10.6. The van der Waals surface area contributed by atoms with Gasteiger partial charge in [-0.3, -0.25) is 0 Å². The van der Waals surface area contributed by atoms with Gasteiger partial charge in [0.25, 0.3) is 0 Å². The predicted molar refractivity (Wildman–Crippen MR) is 77.0 cm³/mol. The van der Waals surface area contributed by atoms with E-state index in [0.29, 0.717) is 0 Å². The van der Waals surface area contributed by atoms with Crippen LogP contribution in [0.1, 0.15) is 51.4 Å². The highest BCUT2D eigenvalue weighted by Crippen LogP contribution is 2.10. The summed E-state index contributed by atoms with van der Waals surface area (Å²) in [6, 6.07) is 0. The minimum absolute atomic E-state index is 0.827. The summed E-state index contributed by atoms with van der Waals surface area (Å²) in [7, 11) is -1.26. The Morgan fingerprint density at radius 1 is 0.750 bits per heavy atom. The Labute approximate surface area is 108 Å². The Kier molecular flexibility index (Phi) is 10.9. The Hall–Kier alpha value is 0.467. The summed E-state index contributed by atoms with van der Waals surface area (Å²) in [4.78, 5) is 0. The van der Waals surface area contributed by atoms with Crippen LogP contribution < -0.4 is 0 Å². The molecule has 0 saturated carbocycles. The van der Waals surface area contributed by atoms with Gasteiger partial charge in [0.1, 0.15) is 0 Å². The minimum atomic E-state index is -1.26. The molecule has 0 aliphatic rings. The lowest BCUT2D eigenvalue weighted by Crippen LogP contribution is -2.25. The maximum atomic E-state index is 5.81. The van der Waals surface area contributed by atoms with Crippen molar-refractivity contribution in [2.75, 3.05) is 12.5 Å². The van der Waals surface area contributed by atoms with Crippen LogP contribution in [0.3, 0.4) is 0 Å². The molecule has 0 aliphatic heterocycles. The van der Waals surface area contributed by atoms with E-state index in [1.807, 2.05) is 0 Å². The summed E-state index contributed by atoms with van der Waals surface area (Å²) in [6.07, 6.45) is 10.6. The van der Waals surface area contributed by atoms with Gasteiger partial charge in [0.05, 0.1) is 0 Å². The average molecular weight is 265 g/mol. The van der Waals surface area contributed by atoms with Gasteiger partial charge in [-0.05, 0) is 32.5 Å². The van der Waals surface area contributed by atoms with E-state index in [1.54, 1.807) is 0 Å². The molecule has 0 aliphatic carbocycles. The van der Waals surface area contributed by atoms with Crippen molar-refractivity contribution in [1.29, 1.82) is 0 Å². The highest BCUT2D eigenvalue weighted by Gasteiger charge is 2.12. The van der Waals surface area contributed by atoms with Gasteiger partial charge in [-0.25, -0.2) is 0 Å².